The van der Waals surface area contributed by atoms with Crippen LogP contribution in [0.4, 0.5) is 5.13 Å². The minimum absolute atomic E-state index is 0.761. The van der Waals surface area contributed by atoms with Crippen LogP contribution in [0.25, 0.3) is 11.3 Å². The summed E-state index contributed by atoms with van der Waals surface area (Å²) in [5.41, 5.74) is 5.82. The Bertz CT molecular complexity index is 759. The van der Waals surface area contributed by atoms with Gasteiger partial charge in [-0.15, -0.1) is 11.3 Å². The summed E-state index contributed by atoms with van der Waals surface area (Å²) < 4.78 is 5.52. The van der Waals surface area contributed by atoms with Crippen LogP contribution < -0.4 is 5.43 Å². The summed E-state index contributed by atoms with van der Waals surface area (Å²) in [4.78, 5) is 4.52. The van der Waals surface area contributed by atoms with Crippen molar-refractivity contribution in [2.75, 3.05) is 5.43 Å². The van der Waals surface area contributed by atoms with Gasteiger partial charge >= 0.3 is 0 Å². The summed E-state index contributed by atoms with van der Waals surface area (Å²) in [6, 6.07) is 13.9. The Balaban J connectivity index is 1.73. The van der Waals surface area contributed by atoms with Crippen LogP contribution in [-0.2, 0) is 0 Å². The second-order valence-corrected chi connectivity index (χ2v) is 5.48. The van der Waals surface area contributed by atoms with Crippen LogP contribution in [0.5, 0.6) is 0 Å². The number of benzene rings is 1. The van der Waals surface area contributed by atoms with E-state index >= 15 is 0 Å². The Morgan fingerprint density at radius 3 is 2.71 bits per heavy atom. The Labute approximate surface area is 127 Å². The SMILES string of the molecule is C/C(=N/Nc1nc(-c2ccccc2)cs1)c1ccc(C)o1. The number of nitrogens with zero attached hydrogens (tertiary/aromatic N) is 2. The number of aromatic nitrogens is 1. The number of anilines is 1. The molecular weight excluding hydrogens is 282 g/mol. The normalized spacial score (nSPS) is 11.6. The lowest BCUT2D eigenvalue weighted by molar-refractivity contribution is 0.525. The lowest BCUT2D eigenvalue weighted by atomic mass is 10.2. The van der Waals surface area contributed by atoms with E-state index in [1.54, 1.807) is 0 Å². The van der Waals surface area contributed by atoms with E-state index in [9.17, 15) is 0 Å². The van der Waals surface area contributed by atoms with Crippen molar-refractivity contribution in [3.8, 4) is 11.3 Å². The maximum Gasteiger partial charge on any atom is 0.203 e. The summed E-state index contributed by atoms with van der Waals surface area (Å²) in [5.74, 6) is 1.64. The van der Waals surface area contributed by atoms with E-state index in [0.717, 1.165) is 33.6 Å². The topological polar surface area (TPSA) is 50.4 Å². The summed E-state index contributed by atoms with van der Waals surface area (Å²) in [6.45, 7) is 3.81. The molecule has 0 aliphatic heterocycles. The number of rotatable bonds is 4. The molecule has 0 aliphatic carbocycles. The molecule has 2 heterocycles. The number of thiazole rings is 1. The molecule has 106 valence electrons. The molecule has 0 spiro atoms. The molecule has 1 N–H and O–H groups in total. The van der Waals surface area contributed by atoms with Crippen molar-refractivity contribution in [1.29, 1.82) is 0 Å². The van der Waals surface area contributed by atoms with E-state index in [0.29, 0.717) is 0 Å². The van der Waals surface area contributed by atoms with E-state index in [2.05, 4.69) is 15.5 Å². The van der Waals surface area contributed by atoms with E-state index < -0.39 is 0 Å². The second kappa shape index (κ2) is 5.93. The van der Waals surface area contributed by atoms with Gasteiger partial charge in [-0.3, -0.25) is 5.43 Å². The summed E-state index contributed by atoms with van der Waals surface area (Å²) in [5, 5.41) is 7.08. The number of aryl methyl sites for hydroxylation is 1. The lowest BCUT2D eigenvalue weighted by Gasteiger charge is -1.98. The van der Waals surface area contributed by atoms with Crippen molar-refractivity contribution in [2.45, 2.75) is 13.8 Å². The Morgan fingerprint density at radius 1 is 1.19 bits per heavy atom. The maximum absolute atomic E-state index is 5.52. The summed E-state index contributed by atoms with van der Waals surface area (Å²) in [7, 11) is 0. The van der Waals surface area contributed by atoms with Gasteiger partial charge in [-0.1, -0.05) is 30.3 Å². The first kappa shape index (κ1) is 13.6. The van der Waals surface area contributed by atoms with Crippen molar-refractivity contribution >= 4 is 22.2 Å². The van der Waals surface area contributed by atoms with Crippen LogP contribution in [0, 0.1) is 6.92 Å². The zero-order valence-corrected chi connectivity index (χ0v) is 12.6. The quantitative estimate of drug-likeness (QED) is 0.568. The van der Waals surface area contributed by atoms with Crippen LogP contribution in [0.1, 0.15) is 18.4 Å². The van der Waals surface area contributed by atoms with Crippen molar-refractivity contribution in [1.82, 2.24) is 4.98 Å². The van der Waals surface area contributed by atoms with Gasteiger partial charge < -0.3 is 4.42 Å². The van der Waals surface area contributed by atoms with Gasteiger partial charge in [-0.05, 0) is 26.0 Å². The zero-order chi connectivity index (χ0) is 14.7. The van der Waals surface area contributed by atoms with Crippen LogP contribution >= 0.6 is 11.3 Å². The third-order valence-corrected chi connectivity index (χ3v) is 3.74. The Hall–Kier alpha value is -2.40. The Morgan fingerprint density at radius 2 is 2.00 bits per heavy atom. The molecule has 4 nitrogen and oxygen atoms in total. The van der Waals surface area contributed by atoms with E-state index in [4.69, 9.17) is 4.42 Å². The smallest absolute Gasteiger partial charge is 0.203 e. The third kappa shape index (κ3) is 3.20. The molecule has 0 unspecified atom stereocenters. The van der Waals surface area contributed by atoms with Gasteiger partial charge in [0.25, 0.3) is 0 Å². The van der Waals surface area contributed by atoms with Crippen LogP contribution in [0.3, 0.4) is 0 Å². The lowest BCUT2D eigenvalue weighted by Crippen LogP contribution is -1.97. The fourth-order valence-corrected chi connectivity index (χ4v) is 2.54. The number of hydrogen-bond acceptors (Lipinski definition) is 5. The van der Waals surface area contributed by atoms with Gasteiger partial charge in [-0.2, -0.15) is 5.10 Å². The van der Waals surface area contributed by atoms with Gasteiger partial charge in [0.15, 0.2) is 0 Å². The standard InChI is InChI=1S/C16H15N3OS/c1-11-8-9-15(20-11)12(2)18-19-16-17-14(10-21-16)13-6-4-3-5-7-13/h3-10H,1-2H3,(H,17,19)/b18-12-. The van der Waals surface area contributed by atoms with Gasteiger partial charge in [0.1, 0.15) is 17.2 Å². The molecular formula is C16H15N3OS. The molecule has 5 heteroatoms. The van der Waals surface area contributed by atoms with Crippen molar-refractivity contribution in [2.24, 2.45) is 5.10 Å². The summed E-state index contributed by atoms with van der Waals surface area (Å²) in [6.07, 6.45) is 0. The van der Waals surface area contributed by atoms with Gasteiger partial charge in [0.05, 0.1) is 5.69 Å². The third-order valence-electron chi connectivity index (χ3n) is 2.99. The first-order valence-electron chi connectivity index (χ1n) is 6.60. The predicted octanol–water partition coefficient (Wildman–Crippen LogP) is 4.55. The van der Waals surface area contributed by atoms with Crippen LogP contribution in [0.2, 0.25) is 0 Å². The number of hydrogen-bond donors (Lipinski definition) is 1. The molecule has 0 radical (unpaired) electrons. The van der Waals surface area contributed by atoms with Gasteiger partial charge in [0.2, 0.25) is 5.13 Å². The largest absolute Gasteiger partial charge is 0.460 e. The van der Waals surface area contributed by atoms with E-state index in [1.807, 2.05) is 61.7 Å². The Kier molecular flexibility index (Phi) is 3.83. The zero-order valence-electron chi connectivity index (χ0n) is 11.8. The van der Waals surface area contributed by atoms with Crippen molar-refractivity contribution in [3.63, 3.8) is 0 Å². The highest BCUT2D eigenvalue weighted by molar-refractivity contribution is 7.14. The fraction of sp³-hybridized carbons (Fsp3) is 0.125. The highest BCUT2D eigenvalue weighted by Crippen LogP contribution is 2.24. The average molecular weight is 297 g/mol. The van der Waals surface area contributed by atoms with E-state index in [1.165, 1.54) is 11.3 Å². The molecule has 0 bridgehead atoms. The highest BCUT2D eigenvalue weighted by atomic mass is 32.1. The first-order valence-corrected chi connectivity index (χ1v) is 7.48. The van der Waals surface area contributed by atoms with Crippen LogP contribution in [0.15, 0.2) is 57.4 Å². The van der Waals surface area contributed by atoms with Crippen molar-refractivity contribution < 1.29 is 4.42 Å². The second-order valence-electron chi connectivity index (χ2n) is 4.62. The maximum atomic E-state index is 5.52. The number of nitrogens with one attached hydrogen (secondary N) is 1. The minimum atomic E-state index is 0.761. The fourth-order valence-electron chi connectivity index (χ4n) is 1.88. The molecule has 3 aromatic rings. The average Bonchev–Trinajstić information content (AvgIpc) is 3.15. The molecule has 0 saturated carbocycles. The molecule has 0 saturated heterocycles. The first-order chi connectivity index (χ1) is 10.2. The van der Waals surface area contributed by atoms with Crippen LogP contribution in [-0.4, -0.2) is 10.7 Å². The number of hydrazone groups is 1. The summed E-state index contributed by atoms with van der Waals surface area (Å²) >= 11 is 1.53. The van der Waals surface area contributed by atoms with Gasteiger partial charge in [-0.25, -0.2) is 4.98 Å². The monoisotopic (exact) mass is 297 g/mol. The van der Waals surface area contributed by atoms with Crippen molar-refractivity contribution in [3.05, 3.63) is 59.4 Å². The number of furan rings is 1. The van der Waals surface area contributed by atoms with E-state index in [-0.39, 0.29) is 0 Å². The molecule has 0 amide bonds. The minimum Gasteiger partial charge on any atom is -0.460 e. The van der Waals surface area contributed by atoms with Gasteiger partial charge in [0, 0.05) is 10.9 Å². The molecule has 2 aromatic heterocycles. The molecule has 0 fully saturated rings. The molecule has 3 rings (SSSR count). The molecule has 0 atom stereocenters. The molecule has 1 aromatic carbocycles. The predicted molar refractivity (Wildman–Crippen MR) is 86.8 cm³/mol. The highest BCUT2D eigenvalue weighted by Gasteiger charge is 2.05. The molecule has 0 aliphatic rings. The molecule has 21 heavy (non-hydrogen) atoms.